The molecule has 0 unspecified atom stereocenters. The molecule has 0 aliphatic heterocycles. The largest absolute Gasteiger partial charge is 0.497 e. The summed E-state index contributed by atoms with van der Waals surface area (Å²) in [6, 6.07) is 14.9. The van der Waals surface area contributed by atoms with E-state index < -0.39 is 0 Å². The molecule has 134 valence electrons. The van der Waals surface area contributed by atoms with Crippen LogP contribution < -0.4 is 24.8 Å². The van der Waals surface area contributed by atoms with Crippen LogP contribution in [0.1, 0.15) is 0 Å². The number of nitrogens with one attached hydrogen (secondary N) is 2. The Hall–Kier alpha value is -3.48. The van der Waals surface area contributed by atoms with Crippen molar-refractivity contribution < 1.29 is 14.2 Å². The molecule has 2 N–H and O–H groups in total. The average Bonchev–Trinajstić information content (AvgIpc) is 2.69. The molecule has 3 aromatic rings. The van der Waals surface area contributed by atoms with Gasteiger partial charge in [-0.2, -0.15) is 4.98 Å². The van der Waals surface area contributed by atoms with Gasteiger partial charge >= 0.3 is 0 Å². The van der Waals surface area contributed by atoms with E-state index in [1.165, 1.54) is 0 Å². The first kappa shape index (κ1) is 17.3. The number of benzene rings is 2. The molecule has 0 aliphatic carbocycles. The maximum Gasteiger partial charge on any atom is 0.229 e. The Labute approximate surface area is 152 Å². The van der Waals surface area contributed by atoms with Gasteiger partial charge in [0.2, 0.25) is 5.95 Å². The van der Waals surface area contributed by atoms with Crippen molar-refractivity contribution in [1.82, 2.24) is 9.97 Å². The van der Waals surface area contributed by atoms with Crippen LogP contribution in [-0.2, 0) is 0 Å². The van der Waals surface area contributed by atoms with E-state index in [9.17, 15) is 0 Å². The molecule has 1 aromatic heterocycles. The van der Waals surface area contributed by atoms with Gasteiger partial charge in [-0.05, 0) is 42.5 Å². The molecule has 0 atom stereocenters. The van der Waals surface area contributed by atoms with Crippen LogP contribution in [0, 0.1) is 0 Å². The van der Waals surface area contributed by atoms with Crippen LogP contribution in [0.4, 0.5) is 23.1 Å². The molecule has 0 spiro atoms. The maximum absolute atomic E-state index is 5.36. The van der Waals surface area contributed by atoms with E-state index in [1.807, 2.05) is 42.5 Å². The first-order valence-electron chi connectivity index (χ1n) is 7.95. The van der Waals surface area contributed by atoms with Crippen LogP contribution in [0.25, 0.3) is 0 Å². The number of rotatable bonds is 7. The van der Waals surface area contributed by atoms with Crippen molar-refractivity contribution in [3.8, 4) is 17.2 Å². The average molecular weight is 352 g/mol. The Bertz CT molecular complexity index is 869. The van der Waals surface area contributed by atoms with E-state index in [0.717, 1.165) is 11.4 Å². The summed E-state index contributed by atoms with van der Waals surface area (Å²) in [6.07, 6.45) is 1.67. The molecule has 0 bridgehead atoms. The number of aromatic nitrogens is 2. The van der Waals surface area contributed by atoms with Gasteiger partial charge in [0.25, 0.3) is 0 Å². The fourth-order valence-electron chi connectivity index (χ4n) is 2.34. The third-order valence-corrected chi connectivity index (χ3v) is 3.67. The molecule has 2 aromatic carbocycles. The van der Waals surface area contributed by atoms with E-state index in [-0.39, 0.29) is 0 Å². The Morgan fingerprint density at radius 1 is 0.769 bits per heavy atom. The summed E-state index contributed by atoms with van der Waals surface area (Å²) in [5.41, 5.74) is 1.61. The van der Waals surface area contributed by atoms with Gasteiger partial charge in [-0.25, -0.2) is 4.98 Å². The quantitative estimate of drug-likeness (QED) is 0.666. The van der Waals surface area contributed by atoms with E-state index in [4.69, 9.17) is 14.2 Å². The highest BCUT2D eigenvalue weighted by molar-refractivity contribution is 5.66. The maximum atomic E-state index is 5.36. The Kier molecular flexibility index (Phi) is 5.38. The summed E-state index contributed by atoms with van der Waals surface area (Å²) in [6.45, 7) is 0. The van der Waals surface area contributed by atoms with E-state index in [0.29, 0.717) is 29.0 Å². The minimum atomic E-state index is 0.440. The molecule has 7 heteroatoms. The SMILES string of the molecule is COc1ccc(Nc2ccnc(Nc3cc(OC)ccc3OC)n2)cc1. The van der Waals surface area contributed by atoms with Crippen molar-refractivity contribution in [2.75, 3.05) is 32.0 Å². The van der Waals surface area contributed by atoms with Gasteiger partial charge in [-0.3, -0.25) is 0 Å². The predicted molar refractivity (Wildman–Crippen MR) is 101 cm³/mol. The van der Waals surface area contributed by atoms with Gasteiger partial charge in [-0.15, -0.1) is 0 Å². The van der Waals surface area contributed by atoms with Crippen LogP contribution in [0.2, 0.25) is 0 Å². The third kappa shape index (κ3) is 4.13. The van der Waals surface area contributed by atoms with Crippen molar-refractivity contribution in [1.29, 1.82) is 0 Å². The summed E-state index contributed by atoms with van der Waals surface area (Å²) in [5.74, 6) is 3.28. The summed E-state index contributed by atoms with van der Waals surface area (Å²) in [5, 5.41) is 6.39. The van der Waals surface area contributed by atoms with Crippen LogP contribution in [-0.4, -0.2) is 31.3 Å². The zero-order valence-corrected chi connectivity index (χ0v) is 14.8. The van der Waals surface area contributed by atoms with Gasteiger partial charge < -0.3 is 24.8 Å². The molecule has 0 radical (unpaired) electrons. The fourth-order valence-corrected chi connectivity index (χ4v) is 2.34. The van der Waals surface area contributed by atoms with Gasteiger partial charge in [0, 0.05) is 18.0 Å². The lowest BCUT2D eigenvalue weighted by atomic mass is 10.2. The number of nitrogens with zero attached hydrogens (tertiary/aromatic N) is 2. The Balaban J connectivity index is 1.79. The van der Waals surface area contributed by atoms with Gasteiger partial charge in [-0.1, -0.05) is 0 Å². The zero-order chi connectivity index (χ0) is 18.4. The third-order valence-electron chi connectivity index (χ3n) is 3.67. The van der Waals surface area contributed by atoms with Crippen LogP contribution >= 0.6 is 0 Å². The zero-order valence-electron chi connectivity index (χ0n) is 14.8. The Morgan fingerprint density at radius 2 is 1.50 bits per heavy atom. The second-order valence-electron chi connectivity index (χ2n) is 5.31. The smallest absolute Gasteiger partial charge is 0.229 e. The minimum Gasteiger partial charge on any atom is -0.497 e. The van der Waals surface area contributed by atoms with Crippen molar-refractivity contribution in [3.63, 3.8) is 0 Å². The first-order chi connectivity index (χ1) is 12.7. The normalized spacial score (nSPS) is 10.1. The molecule has 0 amide bonds. The molecule has 3 rings (SSSR count). The van der Waals surface area contributed by atoms with Crippen molar-refractivity contribution >= 4 is 23.1 Å². The van der Waals surface area contributed by atoms with Crippen LogP contribution in [0.15, 0.2) is 54.7 Å². The van der Waals surface area contributed by atoms with Gasteiger partial charge in [0.1, 0.15) is 23.1 Å². The first-order valence-corrected chi connectivity index (χ1v) is 7.95. The molecular weight excluding hydrogens is 332 g/mol. The standard InChI is InChI=1S/C19H20N4O3/c1-24-14-6-4-13(5-7-14)21-18-10-11-20-19(23-18)22-16-12-15(25-2)8-9-17(16)26-3/h4-12H,1-3H3,(H2,20,21,22,23). The summed E-state index contributed by atoms with van der Waals surface area (Å²) >= 11 is 0. The minimum absolute atomic E-state index is 0.440. The van der Waals surface area contributed by atoms with E-state index >= 15 is 0 Å². The lowest BCUT2D eigenvalue weighted by molar-refractivity contribution is 0.405. The van der Waals surface area contributed by atoms with Crippen molar-refractivity contribution in [2.24, 2.45) is 0 Å². The number of hydrogen-bond acceptors (Lipinski definition) is 7. The molecular formula is C19H20N4O3. The van der Waals surface area contributed by atoms with Crippen molar-refractivity contribution in [2.45, 2.75) is 0 Å². The van der Waals surface area contributed by atoms with Crippen LogP contribution in [0.5, 0.6) is 17.2 Å². The highest BCUT2D eigenvalue weighted by Crippen LogP contribution is 2.30. The van der Waals surface area contributed by atoms with Gasteiger partial charge in [0.15, 0.2) is 0 Å². The fraction of sp³-hybridized carbons (Fsp3) is 0.158. The van der Waals surface area contributed by atoms with Gasteiger partial charge in [0.05, 0.1) is 27.0 Å². The number of hydrogen-bond donors (Lipinski definition) is 2. The van der Waals surface area contributed by atoms with E-state index in [1.54, 1.807) is 33.6 Å². The van der Waals surface area contributed by atoms with Crippen LogP contribution in [0.3, 0.4) is 0 Å². The molecule has 0 fully saturated rings. The molecule has 1 heterocycles. The molecule has 0 saturated heterocycles. The predicted octanol–water partition coefficient (Wildman–Crippen LogP) is 3.99. The molecule has 7 nitrogen and oxygen atoms in total. The summed E-state index contributed by atoms with van der Waals surface area (Å²) < 4.78 is 15.8. The monoisotopic (exact) mass is 352 g/mol. The molecule has 0 saturated carbocycles. The van der Waals surface area contributed by atoms with Crippen molar-refractivity contribution in [3.05, 3.63) is 54.7 Å². The molecule has 0 aliphatic rings. The Morgan fingerprint density at radius 3 is 2.19 bits per heavy atom. The van der Waals surface area contributed by atoms with E-state index in [2.05, 4.69) is 20.6 Å². The lowest BCUT2D eigenvalue weighted by Crippen LogP contribution is -2.02. The second kappa shape index (κ2) is 8.06. The summed E-state index contributed by atoms with van der Waals surface area (Å²) in [4.78, 5) is 8.73. The highest BCUT2D eigenvalue weighted by atomic mass is 16.5. The molecule has 26 heavy (non-hydrogen) atoms. The number of methoxy groups -OCH3 is 3. The lowest BCUT2D eigenvalue weighted by Gasteiger charge is -2.12. The number of anilines is 4. The summed E-state index contributed by atoms with van der Waals surface area (Å²) in [7, 11) is 4.86. The second-order valence-corrected chi connectivity index (χ2v) is 5.31. The highest BCUT2D eigenvalue weighted by Gasteiger charge is 2.08. The topological polar surface area (TPSA) is 77.5 Å². The number of ether oxygens (including phenoxy) is 3.